The van der Waals surface area contributed by atoms with E-state index < -0.39 is 17.8 Å². The van der Waals surface area contributed by atoms with E-state index in [1.165, 1.54) is 17.4 Å². The van der Waals surface area contributed by atoms with Crippen molar-refractivity contribution in [1.29, 1.82) is 5.26 Å². The van der Waals surface area contributed by atoms with E-state index in [4.69, 9.17) is 0 Å². The molecular weight excluding hydrogens is 499 g/mol. The highest BCUT2D eigenvalue weighted by atomic mass is 32.1. The molecule has 1 N–H and O–H groups in total. The SMILES string of the molecule is CC(C)(C)[C@@H]1CCc2c(sc(NC(=O)c3cc4nc(-c5ccccc5)cc(C(F)(F)F)n4n3)c2C#N)C1. The molecule has 5 rings (SSSR count). The molecule has 6 nitrogen and oxygen atoms in total. The third kappa shape index (κ3) is 4.71. The number of hydrogen-bond acceptors (Lipinski definition) is 5. The zero-order chi connectivity index (χ0) is 26.5. The van der Waals surface area contributed by atoms with Crippen LogP contribution in [0.1, 0.15) is 59.4 Å². The molecule has 190 valence electrons. The van der Waals surface area contributed by atoms with Crippen molar-refractivity contribution in [2.24, 2.45) is 11.3 Å². The van der Waals surface area contributed by atoms with Gasteiger partial charge in [0.2, 0.25) is 0 Å². The van der Waals surface area contributed by atoms with Crippen LogP contribution in [0.4, 0.5) is 18.2 Å². The number of rotatable bonds is 3. The van der Waals surface area contributed by atoms with Crippen molar-refractivity contribution in [3.8, 4) is 17.3 Å². The molecule has 37 heavy (non-hydrogen) atoms. The zero-order valence-corrected chi connectivity index (χ0v) is 21.3. The molecule has 0 spiro atoms. The summed E-state index contributed by atoms with van der Waals surface area (Å²) in [7, 11) is 0. The lowest BCUT2D eigenvalue weighted by atomic mass is 9.72. The molecule has 1 aliphatic rings. The lowest BCUT2D eigenvalue weighted by Gasteiger charge is -2.33. The predicted molar refractivity (Wildman–Crippen MR) is 135 cm³/mol. The van der Waals surface area contributed by atoms with E-state index in [0.29, 0.717) is 26.6 Å². The number of thiophene rings is 1. The van der Waals surface area contributed by atoms with Gasteiger partial charge in [-0.05, 0) is 42.2 Å². The van der Waals surface area contributed by atoms with Crippen molar-refractivity contribution in [2.45, 2.75) is 46.2 Å². The average molecular weight is 524 g/mol. The summed E-state index contributed by atoms with van der Waals surface area (Å²) in [5, 5.41) is 16.9. The molecule has 0 aliphatic heterocycles. The van der Waals surface area contributed by atoms with Gasteiger partial charge in [-0.25, -0.2) is 9.50 Å². The van der Waals surface area contributed by atoms with E-state index in [0.717, 1.165) is 35.8 Å². The van der Waals surface area contributed by atoms with Gasteiger partial charge in [0.15, 0.2) is 17.0 Å². The second kappa shape index (κ2) is 8.99. The number of nitriles is 1. The Kier molecular flexibility index (Phi) is 6.07. The summed E-state index contributed by atoms with van der Waals surface area (Å²) < 4.78 is 42.3. The first-order valence-electron chi connectivity index (χ1n) is 11.8. The number of carbonyl (C=O) groups is 1. The van der Waals surface area contributed by atoms with E-state index in [-0.39, 0.29) is 22.5 Å². The Bertz CT molecular complexity index is 1540. The Morgan fingerprint density at radius 3 is 2.57 bits per heavy atom. The Balaban J connectivity index is 1.50. The van der Waals surface area contributed by atoms with E-state index in [9.17, 15) is 23.2 Å². The molecule has 1 amide bonds. The molecule has 3 aromatic heterocycles. The van der Waals surface area contributed by atoms with Crippen molar-refractivity contribution in [3.05, 3.63) is 69.9 Å². The highest BCUT2D eigenvalue weighted by Gasteiger charge is 2.36. The summed E-state index contributed by atoms with van der Waals surface area (Å²) in [6.45, 7) is 6.58. The standard InChI is InChI=1S/C27H24F3N5OS/c1-26(2,3)16-9-10-17-18(14-31)25(37-21(17)11-16)33-24(36)20-13-23-32-19(15-7-5-4-6-8-15)12-22(27(28,29)30)35(23)34-20/h4-8,12-13,16H,9-11H2,1-3H3,(H,33,36)/t16-/m1/s1. The molecule has 0 saturated heterocycles. The maximum Gasteiger partial charge on any atom is 0.433 e. The third-order valence-electron chi connectivity index (χ3n) is 6.85. The Morgan fingerprint density at radius 2 is 1.92 bits per heavy atom. The summed E-state index contributed by atoms with van der Waals surface area (Å²) in [6.07, 6.45) is -2.18. The minimum absolute atomic E-state index is 0.0992. The molecule has 0 radical (unpaired) electrons. The van der Waals surface area contributed by atoms with Gasteiger partial charge in [-0.3, -0.25) is 4.79 Å². The van der Waals surface area contributed by atoms with E-state index in [2.05, 4.69) is 42.2 Å². The smallest absolute Gasteiger partial charge is 0.311 e. The zero-order valence-electron chi connectivity index (χ0n) is 20.5. The summed E-state index contributed by atoms with van der Waals surface area (Å²) >= 11 is 1.36. The average Bonchev–Trinajstić information content (AvgIpc) is 3.43. The lowest BCUT2D eigenvalue weighted by molar-refractivity contribution is -0.142. The number of nitrogens with zero attached hydrogens (tertiary/aromatic N) is 4. The monoisotopic (exact) mass is 523 g/mol. The number of alkyl halides is 3. The Labute approximate surface area is 215 Å². The van der Waals surface area contributed by atoms with Gasteiger partial charge in [-0.15, -0.1) is 11.3 Å². The number of halogens is 3. The molecule has 1 aromatic carbocycles. The fourth-order valence-electron chi connectivity index (χ4n) is 4.74. The van der Waals surface area contributed by atoms with Gasteiger partial charge in [0.05, 0.1) is 11.3 Å². The molecule has 0 unspecified atom stereocenters. The summed E-state index contributed by atoms with van der Waals surface area (Å²) in [5.74, 6) is -0.236. The number of hydrogen-bond donors (Lipinski definition) is 1. The highest BCUT2D eigenvalue weighted by molar-refractivity contribution is 7.16. The topological polar surface area (TPSA) is 83.1 Å². The summed E-state index contributed by atoms with van der Waals surface area (Å²) in [5.41, 5.74) is 0.780. The van der Waals surface area contributed by atoms with E-state index in [1.807, 2.05) is 0 Å². The number of fused-ring (bicyclic) bond motifs is 2. The van der Waals surface area contributed by atoms with Crippen molar-refractivity contribution in [1.82, 2.24) is 14.6 Å². The number of aromatic nitrogens is 3. The van der Waals surface area contributed by atoms with Gasteiger partial charge in [0.25, 0.3) is 5.91 Å². The minimum Gasteiger partial charge on any atom is -0.311 e. The Hall–Kier alpha value is -3.71. The van der Waals surface area contributed by atoms with Crippen LogP contribution in [0.2, 0.25) is 0 Å². The maximum absolute atomic E-state index is 13.9. The minimum atomic E-state index is -4.71. The quantitative estimate of drug-likeness (QED) is 0.322. The van der Waals surface area contributed by atoms with Crippen LogP contribution >= 0.6 is 11.3 Å². The summed E-state index contributed by atoms with van der Waals surface area (Å²) in [6, 6.07) is 12.9. The largest absolute Gasteiger partial charge is 0.433 e. The molecule has 1 aliphatic carbocycles. The number of amides is 1. The predicted octanol–water partition coefficient (Wildman–Crippen LogP) is 6.75. The first-order chi connectivity index (χ1) is 17.5. The van der Waals surface area contributed by atoms with Gasteiger partial charge in [-0.2, -0.15) is 23.5 Å². The van der Waals surface area contributed by atoms with Crippen molar-refractivity contribution in [2.75, 3.05) is 5.32 Å². The normalized spacial score (nSPS) is 15.9. The van der Waals surface area contributed by atoms with Crippen molar-refractivity contribution < 1.29 is 18.0 Å². The van der Waals surface area contributed by atoms with Crippen LogP contribution < -0.4 is 5.32 Å². The molecular formula is C27H24F3N5OS. The van der Waals surface area contributed by atoms with Crippen LogP contribution in [0.15, 0.2) is 42.5 Å². The van der Waals surface area contributed by atoms with Crippen LogP contribution in [0.3, 0.4) is 0 Å². The Morgan fingerprint density at radius 1 is 1.19 bits per heavy atom. The molecule has 0 bridgehead atoms. The molecule has 3 heterocycles. The highest BCUT2D eigenvalue weighted by Crippen LogP contribution is 2.44. The van der Waals surface area contributed by atoms with Gasteiger partial charge in [-0.1, -0.05) is 51.1 Å². The second-order valence-electron chi connectivity index (χ2n) is 10.3. The van der Waals surface area contributed by atoms with E-state index in [1.54, 1.807) is 30.3 Å². The van der Waals surface area contributed by atoms with Crippen LogP contribution in [-0.4, -0.2) is 20.5 Å². The maximum atomic E-state index is 13.9. The second-order valence-corrected chi connectivity index (χ2v) is 11.4. The number of nitrogens with one attached hydrogen (secondary N) is 1. The van der Waals surface area contributed by atoms with Crippen LogP contribution in [0, 0.1) is 22.7 Å². The first kappa shape index (κ1) is 25.0. The lowest BCUT2D eigenvalue weighted by Crippen LogP contribution is -2.26. The fourth-order valence-corrected chi connectivity index (χ4v) is 6.02. The third-order valence-corrected chi connectivity index (χ3v) is 8.02. The fraction of sp³-hybridized carbons (Fsp3) is 0.333. The van der Waals surface area contributed by atoms with Crippen LogP contribution in [-0.2, 0) is 19.0 Å². The molecule has 0 saturated carbocycles. The van der Waals surface area contributed by atoms with Gasteiger partial charge in [0, 0.05) is 16.5 Å². The van der Waals surface area contributed by atoms with Gasteiger partial charge in [0.1, 0.15) is 11.1 Å². The van der Waals surface area contributed by atoms with Crippen LogP contribution in [0.5, 0.6) is 0 Å². The van der Waals surface area contributed by atoms with Crippen molar-refractivity contribution in [3.63, 3.8) is 0 Å². The molecule has 10 heteroatoms. The van der Waals surface area contributed by atoms with Crippen molar-refractivity contribution >= 4 is 27.9 Å². The van der Waals surface area contributed by atoms with E-state index >= 15 is 0 Å². The number of benzene rings is 1. The van der Waals surface area contributed by atoms with Gasteiger partial charge >= 0.3 is 6.18 Å². The molecule has 0 fully saturated rings. The summed E-state index contributed by atoms with van der Waals surface area (Å²) in [4.78, 5) is 18.5. The van der Waals surface area contributed by atoms with Gasteiger partial charge < -0.3 is 5.32 Å². The number of anilines is 1. The van der Waals surface area contributed by atoms with Crippen LogP contribution in [0.25, 0.3) is 16.9 Å². The number of carbonyl (C=O) groups excluding carboxylic acids is 1. The first-order valence-corrected chi connectivity index (χ1v) is 12.7. The molecule has 1 atom stereocenters. The molecule has 4 aromatic rings.